The van der Waals surface area contributed by atoms with E-state index >= 15 is 0 Å². The highest BCUT2D eigenvalue weighted by molar-refractivity contribution is 5.67. The van der Waals surface area contributed by atoms with E-state index in [1.165, 1.54) is 17.9 Å². The number of halogens is 3. The highest BCUT2D eigenvalue weighted by Gasteiger charge is 2.36. The Labute approximate surface area is 143 Å². The van der Waals surface area contributed by atoms with Crippen molar-refractivity contribution in [3.63, 3.8) is 0 Å². The topological polar surface area (TPSA) is 16.4 Å². The molecule has 2 heterocycles. The molecule has 4 rings (SSSR count). The Bertz CT molecular complexity index is 884. The molecule has 0 amide bonds. The molecule has 0 bridgehead atoms. The van der Waals surface area contributed by atoms with Crippen molar-refractivity contribution >= 4 is 5.69 Å². The fraction of sp³-hybridized carbons (Fsp3) is 0.200. The molecule has 0 radical (unpaired) electrons. The van der Waals surface area contributed by atoms with Gasteiger partial charge in [0.2, 0.25) is 0 Å². The van der Waals surface area contributed by atoms with Gasteiger partial charge in [-0.05, 0) is 47.9 Å². The van der Waals surface area contributed by atoms with Crippen molar-refractivity contribution in [2.45, 2.75) is 19.1 Å². The molecule has 0 N–H and O–H groups in total. The number of hydrogen-bond acceptors (Lipinski definition) is 2. The van der Waals surface area contributed by atoms with Crippen LogP contribution in [0.2, 0.25) is 0 Å². The predicted molar refractivity (Wildman–Crippen MR) is 90.3 cm³/mol. The van der Waals surface area contributed by atoms with Crippen molar-refractivity contribution < 1.29 is 17.6 Å². The summed E-state index contributed by atoms with van der Waals surface area (Å²) in [7, 11) is 0. The lowest BCUT2D eigenvalue weighted by Gasteiger charge is -2.32. The maximum absolute atomic E-state index is 13.7. The Morgan fingerprint density at radius 1 is 0.920 bits per heavy atom. The minimum atomic E-state index is -4.42. The van der Waals surface area contributed by atoms with Crippen molar-refractivity contribution in [1.82, 2.24) is 0 Å². The summed E-state index contributed by atoms with van der Waals surface area (Å²) in [6.45, 7) is 1.06. The van der Waals surface area contributed by atoms with Crippen LogP contribution in [0.3, 0.4) is 0 Å². The van der Waals surface area contributed by atoms with Gasteiger partial charge in [0.05, 0.1) is 11.8 Å². The van der Waals surface area contributed by atoms with Crippen molar-refractivity contribution in [1.29, 1.82) is 0 Å². The van der Waals surface area contributed by atoms with Gasteiger partial charge in [0.1, 0.15) is 5.76 Å². The number of benzene rings is 2. The molecule has 0 saturated heterocycles. The quantitative estimate of drug-likeness (QED) is 0.608. The third kappa shape index (κ3) is 3.02. The Kier molecular flexibility index (Phi) is 3.79. The summed E-state index contributed by atoms with van der Waals surface area (Å²) in [6, 6.07) is 15.6. The minimum Gasteiger partial charge on any atom is -0.464 e. The molecule has 3 aromatic rings. The fourth-order valence-electron chi connectivity index (χ4n) is 3.34. The van der Waals surface area contributed by atoms with Crippen molar-refractivity contribution in [2.75, 3.05) is 11.4 Å². The van der Waals surface area contributed by atoms with E-state index in [0.717, 1.165) is 12.0 Å². The van der Waals surface area contributed by atoms with E-state index in [1.807, 2.05) is 24.3 Å². The third-order valence-electron chi connectivity index (χ3n) is 4.58. The second-order valence-corrected chi connectivity index (χ2v) is 6.15. The lowest BCUT2D eigenvalue weighted by Crippen LogP contribution is -2.32. The monoisotopic (exact) mass is 343 g/mol. The predicted octanol–water partition coefficient (Wildman–Crippen LogP) is 5.53. The number of nitrogens with zero attached hydrogens (tertiary/aromatic N) is 1. The molecule has 128 valence electrons. The molecular formula is C20H16F3NO. The third-order valence-corrected chi connectivity index (χ3v) is 4.58. The van der Waals surface area contributed by atoms with Crippen molar-refractivity contribution in [2.24, 2.45) is 0 Å². The Hall–Kier alpha value is -2.69. The normalized spacial score (nSPS) is 14.4. The Morgan fingerprint density at radius 3 is 2.44 bits per heavy atom. The molecule has 25 heavy (non-hydrogen) atoms. The maximum atomic E-state index is 13.7. The van der Waals surface area contributed by atoms with Crippen LogP contribution in [-0.2, 0) is 19.1 Å². The van der Waals surface area contributed by atoms with Crippen LogP contribution in [0, 0.1) is 0 Å². The average Bonchev–Trinajstić information content (AvgIpc) is 3.15. The van der Waals surface area contributed by atoms with E-state index < -0.39 is 11.7 Å². The van der Waals surface area contributed by atoms with E-state index in [0.29, 0.717) is 24.4 Å². The zero-order valence-corrected chi connectivity index (χ0v) is 13.4. The molecule has 1 aliphatic rings. The summed E-state index contributed by atoms with van der Waals surface area (Å²) in [6.07, 6.45) is -2.22. The minimum absolute atomic E-state index is 0.220. The second-order valence-electron chi connectivity index (χ2n) is 6.15. The SMILES string of the molecule is FC(F)(F)c1cc(-c2ccco2)ccc1N1CCc2ccccc2C1. The Morgan fingerprint density at radius 2 is 1.72 bits per heavy atom. The van der Waals surface area contributed by atoms with E-state index in [-0.39, 0.29) is 5.69 Å². The van der Waals surface area contributed by atoms with Crippen LogP contribution in [0.4, 0.5) is 18.9 Å². The lowest BCUT2D eigenvalue weighted by molar-refractivity contribution is -0.137. The van der Waals surface area contributed by atoms with Crippen LogP contribution >= 0.6 is 0 Å². The van der Waals surface area contributed by atoms with Crippen molar-refractivity contribution in [3.8, 4) is 11.3 Å². The maximum Gasteiger partial charge on any atom is 0.418 e. The van der Waals surface area contributed by atoms with E-state index in [1.54, 1.807) is 29.2 Å². The van der Waals surface area contributed by atoms with Gasteiger partial charge in [-0.15, -0.1) is 0 Å². The smallest absolute Gasteiger partial charge is 0.418 e. The first-order valence-corrected chi connectivity index (χ1v) is 8.09. The summed E-state index contributed by atoms with van der Waals surface area (Å²) in [5.41, 5.74) is 2.31. The summed E-state index contributed by atoms with van der Waals surface area (Å²) in [5, 5.41) is 0. The number of hydrogen-bond donors (Lipinski definition) is 0. The zero-order chi connectivity index (χ0) is 17.4. The number of fused-ring (bicyclic) bond motifs is 1. The molecule has 2 aromatic carbocycles. The molecule has 0 aliphatic carbocycles. The van der Waals surface area contributed by atoms with E-state index in [9.17, 15) is 13.2 Å². The molecule has 0 unspecified atom stereocenters. The first-order valence-electron chi connectivity index (χ1n) is 8.09. The molecule has 0 atom stereocenters. The number of alkyl halides is 3. The molecule has 0 saturated carbocycles. The first-order chi connectivity index (χ1) is 12.0. The van der Waals surface area contributed by atoms with Crippen LogP contribution in [0.5, 0.6) is 0 Å². The van der Waals surface area contributed by atoms with Gasteiger partial charge in [-0.1, -0.05) is 24.3 Å². The van der Waals surface area contributed by atoms with Crippen LogP contribution < -0.4 is 4.90 Å². The molecule has 1 aliphatic heterocycles. The first kappa shape index (κ1) is 15.8. The highest BCUT2D eigenvalue weighted by atomic mass is 19.4. The van der Waals surface area contributed by atoms with Crippen LogP contribution in [0.15, 0.2) is 65.3 Å². The summed E-state index contributed by atoms with van der Waals surface area (Å²) in [5.74, 6) is 0.432. The van der Waals surface area contributed by atoms with E-state index in [2.05, 4.69) is 0 Å². The standard InChI is InChI=1S/C20H16F3NO/c21-20(22,23)17-12-15(19-6-3-11-25-19)7-8-18(17)24-10-9-14-4-1-2-5-16(14)13-24/h1-8,11-12H,9-10,13H2. The summed E-state index contributed by atoms with van der Waals surface area (Å²) >= 11 is 0. The molecule has 0 fully saturated rings. The number of furan rings is 1. The van der Waals surface area contributed by atoms with Crippen LogP contribution in [-0.4, -0.2) is 6.54 Å². The van der Waals surface area contributed by atoms with E-state index in [4.69, 9.17) is 4.42 Å². The summed E-state index contributed by atoms with van der Waals surface area (Å²) < 4.78 is 46.2. The van der Waals surface area contributed by atoms with Crippen LogP contribution in [0.25, 0.3) is 11.3 Å². The van der Waals surface area contributed by atoms with Gasteiger partial charge in [0.15, 0.2) is 0 Å². The van der Waals surface area contributed by atoms with Gasteiger partial charge in [0.25, 0.3) is 0 Å². The van der Waals surface area contributed by atoms with Gasteiger partial charge < -0.3 is 9.32 Å². The number of anilines is 1. The van der Waals surface area contributed by atoms with Crippen LogP contribution in [0.1, 0.15) is 16.7 Å². The number of rotatable bonds is 2. The Balaban J connectivity index is 1.75. The van der Waals surface area contributed by atoms with Gasteiger partial charge in [0, 0.05) is 24.3 Å². The molecule has 1 aromatic heterocycles. The van der Waals surface area contributed by atoms with Gasteiger partial charge >= 0.3 is 6.18 Å². The van der Waals surface area contributed by atoms with Crippen molar-refractivity contribution in [3.05, 3.63) is 77.6 Å². The highest BCUT2D eigenvalue weighted by Crippen LogP contribution is 2.40. The molecule has 5 heteroatoms. The van der Waals surface area contributed by atoms with Gasteiger partial charge in [-0.3, -0.25) is 0 Å². The fourth-order valence-corrected chi connectivity index (χ4v) is 3.34. The molecule has 2 nitrogen and oxygen atoms in total. The summed E-state index contributed by atoms with van der Waals surface area (Å²) in [4.78, 5) is 1.80. The molecular weight excluding hydrogens is 327 g/mol. The lowest BCUT2D eigenvalue weighted by atomic mass is 9.98. The molecule has 0 spiro atoms. The average molecular weight is 343 g/mol. The second kappa shape index (κ2) is 5.99. The van der Waals surface area contributed by atoms with Gasteiger partial charge in [-0.25, -0.2) is 0 Å². The largest absolute Gasteiger partial charge is 0.464 e. The zero-order valence-electron chi connectivity index (χ0n) is 13.4. The van der Waals surface area contributed by atoms with Gasteiger partial charge in [-0.2, -0.15) is 13.2 Å².